The number of hydrogen-bond acceptors (Lipinski definition) is 4. The second kappa shape index (κ2) is 6.85. The molecule has 3 aromatic rings. The molecule has 0 saturated carbocycles. The van der Waals surface area contributed by atoms with Gasteiger partial charge < -0.3 is 9.64 Å². The smallest absolute Gasteiger partial charge is 0.261 e. The molecule has 8 heteroatoms. The Morgan fingerprint density at radius 1 is 0.964 bits per heavy atom. The van der Waals surface area contributed by atoms with Gasteiger partial charge in [0.25, 0.3) is 15.9 Å². The van der Waals surface area contributed by atoms with Crippen LogP contribution in [0.4, 0.5) is 11.4 Å². The first-order valence-corrected chi connectivity index (χ1v) is 10.2. The van der Waals surface area contributed by atoms with Crippen molar-refractivity contribution in [2.24, 2.45) is 0 Å². The van der Waals surface area contributed by atoms with Crippen molar-refractivity contribution in [3.8, 4) is 11.5 Å². The second-order valence-corrected chi connectivity index (χ2v) is 8.33. The summed E-state index contributed by atoms with van der Waals surface area (Å²) >= 11 is 5.89. The van der Waals surface area contributed by atoms with Gasteiger partial charge in [-0.2, -0.15) is 0 Å². The van der Waals surface area contributed by atoms with Crippen LogP contribution in [0, 0.1) is 0 Å². The summed E-state index contributed by atoms with van der Waals surface area (Å²) < 4.78 is 33.6. The number of nitrogens with zero attached hydrogens (tertiary/aromatic N) is 1. The zero-order chi connectivity index (χ0) is 19.9. The van der Waals surface area contributed by atoms with E-state index in [4.69, 9.17) is 16.3 Å². The Hall–Kier alpha value is -3.03. The van der Waals surface area contributed by atoms with Crippen molar-refractivity contribution in [3.05, 3.63) is 77.3 Å². The maximum absolute atomic E-state index is 12.9. The van der Waals surface area contributed by atoms with Gasteiger partial charge in [0.15, 0.2) is 5.75 Å². The Morgan fingerprint density at radius 2 is 1.75 bits per heavy atom. The molecule has 0 fully saturated rings. The van der Waals surface area contributed by atoms with Crippen LogP contribution < -0.4 is 14.4 Å². The maximum atomic E-state index is 12.9. The number of para-hydroxylation sites is 2. The highest BCUT2D eigenvalue weighted by molar-refractivity contribution is 7.92. The molecule has 6 nitrogen and oxygen atoms in total. The molecular weight excluding hydrogens is 400 g/mol. The first-order valence-electron chi connectivity index (χ1n) is 8.32. The molecule has 0 aromatic heterocycles. The summed E-state index contributed by atoms with van der Waals surface area (Å²) in [6, 6.07) is 17.7. The van der Waals surface area contributed by atoms with Gasteiger partial charge in [0.1, 0.15) is 5.75 Å². The van der Waals surface area contributed by atoms with Crippen molar-refractivity contribution >= 4 is 38.9 Å². The number of amides is 1. The summed E-state index contributed by atoms with van der Waals surface area (Å²) in [7, 11) is -2.21. The number of halogens is 1. The highest BCUT2D eigenvalue weighted by atomic mass is 35.5. The molecule has 4 rings (SSSR count). The van der Waals surface area contributed by atoms with Crippen LogP contribution in [0.5, 0.6) is 11.5 Å². The summed E-state index contributed by atoms with van der Waals surface area (Å²) in [5, 5.41) is 0.313. The summed E-state index contributed by atoms with van der Waals surface area (Å²) in [4.78, 5) is 14.4. The Balaban J connectivity index is 1.71. The average molecular weight is 415 g/mol. The van der Waals surface area contributed by atoms with Crippen molar-refractivity contribution in [2.45, 2.75) is 4.90 Å². The predicted octanol–water partition coefficient (Wildman–Crippen LogP) is 4.52. The molecule has 0 spiro atoms. The van der Waals surface area contributed by atoms with Crippen LogP contribution >= 0.6 is 11.6 Å². The van der Waals surface area contributed by atoms with E-state index in [1.807, 2.05) is 12.1 Å². The van der Waals surface area contributed by atoms with Crippen LogP contribution in [0.2, 0.25) is 5.02 Å². The summed E-state index contributed by atoms with van der Waals surface area (Å²) in [5.41, 5.74) is 1.13. The van der Waals surface area contributed by atoms with E-state index in [9.17, 15) is 13.2 Å². The molecular formula is C20H15ClN2O4S. The fourth-order valence-corrected chi connectivity index (χ4v) is 4.28. The van der Waals surface area contributed by atoms with Crippen molar-refractivity contribution in [1.82, 2.24) is 0 Å². The van der Waals surface area contributed by atoms with Crippen molar-refractivity contribution in [1.29, 1.82) is 0 Å². The third kappa shape index (κ3) is 3.30. The van der Waals surface area contributed by atoms with Crippen molar-refractivity contribution in [2.75, 3.05) is 16.7 Å². The number of nitrogens with one attached hydrogen (secondary N) is 1. The molecule has 0 unspecified atom stereocenters. The molecule has 0 radical (unpaired) electrons. The quantitative estimate of drug-likeness (QED) is 0.683. The molecule has 0 atom stereocenters. The summed E-state index contributed by atoms with van der Waals surface area (Å²) in [6.07, 6.45) is 0. The lowest BCUT2D eigenvalue weighted by atomic mass is 10.1. The number of anilines is 2. The third-order valence-electron chi connectivity index (χ3n) is 4.32. The van der Waals surface area contributed by atoms with E-state index >= 15 is 0 Å². The molecule has 1 amide bonds. The van der Waals surface area contributed by atoms with E-state index in [1.165, 1.54) is 23.1 Å². The Labute approximate surface area is 167 Å². The number of ether oxygens (including phenoxy) is 1. The van der Waals surface area contributed by atoms with Crippen LogP contribution in [-0.4, -0.2) is 21.4 Å². The Morgan fingerprint density at radius 3 is 2.54 bits per heavy atom. The van der Waals surface area contributed by atoms with Crippen molar-refractivity contribution in [3.63, 3.8) is 0 Å². The van der Waals surface area contributed by atoms with Gasteiger partial charge in [0.05, 0.1) is 16.1 Å². The highest BCUT2D eigenvalue weighted by Crippen LogP contribution is 2.39. The van der Waals surface area contributed by atoms with Crippen LogP contribution in [0.15, 0.2) is 71.6 Å². The first kappa shape index (κ1) is 18.3. The van der Waals surface area contributed by atoms with Gasteiger partial charge >= 0.3 is 0 Å². The number of hydrogen-bond donors (Lipinski definition) is 1. The van der Waals surface area contributed by atoms with E-state index in [0.29, 0.717) is 22.2 Å². The minimum absolute atomic E-state index is 0.0297. The van der Waals surface area contributed by atoms with Gasteiger partial charge in [-0.3, -0.25) is 9.52 Å². The van der Waals surface area contributed by atoms with E-state index < -0.39 is 10.0 Å². The van der Waals surface area contributed by atoms with Gasteiger partial charge in [-0.15, -0.1) is 0 Å². The van der Waals surface area contributed by atoms with E-state index in [-0.39, 0.29) is 22.1 Å². The zero-order valence-electron chi connectivity index (χ0n) is 14.7. The monoisotopic (exact) mass is 414 g/mol. The normalized spacial score (nSPS) is 13.2. The maximum Gasteiger partial charge on any atom is 0.261 e. The fraction of sp³-hybridized carbons (Fsp3) is 0.0500. The van der Waals surface area contributed by atoms with Crippen LogP contribution in [0.25, 0.3) is 0 Å². The number of rotatable bonds is 3. The number of benzene rings is 3. The van der Waals surface area contributed by atoms with E-state index in [1.54, 1.807) is 43.4 Å². The van der Waals surface area contributed by atoms with Crippen molar-refractivity contribution < 1.29 is 17.9 Å². The SMILES string of the molecule is CN1C(=O)c2cc(NS(=O)(=O)c3cccc(Cl)c3)ccc2Oc2ccccc21. The molecule has 1 heterocycles. The number of fused-ring (bicyclic) bond motifs is 2. The molecule has 0 bridgehead atoms. The summed E-state index contributed by atoms with van der Waals surface area (Å²) in [6.45, 7) is 0. The fourth-order valence-electron chi connectivity index (χ4n) is 2.93. The Kier molecular flexibility index (Phi) is 4.49. The van der Waals surface area contributed by atoms with Crippen LogP contribution in [-0.2, 0) is 10.0 Å². The Bertz CT molecular complexity index is 1190. The second-order valence-electron chi connectivity index (χ2n) is 6.21. The number of carbonyl (C=O) groups excluding carboxylic acids is 1. The standard InChI is InChI=1S/C20H15ClN2O4S/c1-23-17-7-2-3-8-19(17)27-18-10-9-14(12-16(18)20(23)24)22-28(25,26)15-6-4-5-13(21)11-15/h2-12,22H,1H3. The average Bonchev–Trinajstić information content (AvgIpc) is 2.77. The minimum Gasteiger partial charge on any atom is -0.454 e. The zero-order valence-corrected chi connectivity index (χ0v) is 16.3. The third-order valence-corrected chi connectivity index (χ3v) is 5.93. The van der Waals surface area contributed by atoms with Crippen LogP contribution in [0.3, 0.4) is 0 Å². The lowest BCUT2D eigenvalue weighted by Gasteiger charge is -2.16. The molecule has 3 aromatic carbocycles. The number of sulfonamides is 1. The van der Waals surface area contributed by atoms with Gasteiger partial charge in [-0.25, -0.2) is 8.42 Å². The molecule has 1 aliphatic heterocycles. The summed E-state index contributed by atoms with van der Waals surface area (Å²) in [5.74, 6) is 0.598. The molecule has 28 heavy (non-hydrogen) atoms. The van der Waals surface area contributed by atoms with Crippen LogP contribution in [0.1, 0.15) is 10.4 Å². The highest BCUT2D eigenvalue weighted by Gasteiger charge is 2.26. The minimum atomic E-state index is -3.86. The lowest BCUT2D eigenvalue weighted by Crippen LogP contribution is -2.25. The van der Waals surface area contributed by atoms with Gasteiger partial charge in [0, 0.05) is 17.8 Å². The van der Waals surface area contributed by atoms with Gasteiger partial charge in [0.2, 0.25) is 0 Å². The van der Waals surface area contributed by atoms with Gasteiger partial charge in [-0.1, -0.05) is 29.8 Å². The lowest BCUT2D eigenvalue weighted by molar-refractivity contribution is 0.0993. The largest absolute Gasteiger partial charge is 0.454 e. The number of carbonyl (C=O) groups is 1. The molecule has 0 aliphatic carbocycles. The molecule has 1 N–H and O–H groups in total. The van der Waals surface area contributed by atoms with E-state index in [2.05, 4.69) is 4.72 Å². The molecule has 142 valence electrons. The predicted molar refractivity (Wildman–Crippen MR) is 108 cm³/mol. The topological polar surface area (TPSA) is 75.7 Å². The van der Waals surface area contributed by atoms with E-state index in [0.717, 1.165) is 0 Å². The molecule has 1 aliphatic rings. The first-order chi connectivity index (χ1) is 13.3. The van der Waals surface area contributed by atoms with Gasteiger partial charge in [-0.05, 0) is 48.5 Å². The molecule has 0 saturated heterocycles.